The van der Waals surface area contributed by atoms with Crippen molar-refractivity contribution in [2.45, 2.75) is 58.9 Å². The predicted molar refractivity (Wildman–Crippen MR) is 128 cm³/mol. The molecule has 0 radical (unpaired) electrons. The van der Waals surface area contributed by atoms with Gasteiger partial charge in [0.05, 0.1) is 19.8 Å². The number of amides is 1. The fourth-order valence-corrected chi connectivity index (χ4v) is 4.11. The average Bonchev–Trinajstić information content (AvgIpc) is 3.23. The Morgan fingerprint density at radius 3 is 3.00 bits per heavy atom. The molecule has 7 nitrogen and oxygen atoms in total. The largest absolute Gasteiger partial charge is 0.493 e. The summed E-state index contributed by atoms with van der Waals surface area (Å²) in [6, 6.07) is 6.31. The zero-order chi connectivity index (χ0) is 22.6. The first-order valence-corrected chi connectivity index (χ1v) is 12.3. The fourth-order valence-electron chi connectivity index (χ4n) is 4.11. The van der Waals surface area contributed by atoms with Crippen LogP contribution in [0.1, 0.15) is 56.6 Å². The van der Waals surface area contributed by atoms with Crippen molar-refractivity contribution in [3.8, 4) is 5.75 Å². The van der Waals surface area contributed by atoms with Gasteiger partial charge in [-0.25, -0.2) is 4.99 Å². The second-order valence-corrected chi connectivity index (χ2v) is 8.82. The van der Waals surface area contributed by atoms with Gasteiger partial charge in [-0.2, -0.15) is 0 Å². The number of aliphatic imine (C=N–C) groups is 1. The maximum absolute atomic E-state index is 12.1. The lowest BCUT2D eigenvalue weighted by Gasteiger charge is -2.21. The van der Waals surface area contributed by atoms with Crippen LogP contribution in [0.4, 0.5) is 0 Å². The molecular formula is C25H40N4O3. The quantitative estimate of drug-likeness (QED) is 0.329. The van der Waals surface area contributed by atoms with E-state index in [2.05, 4.69) is 42.7 Å². The van der Waals surface area contributed by atoms with Gasteiger partial charge in [0.25, 0.3) is 0 Å². The van der Waals surface area contributed by atoms with Crippen LogP contribution >= 0.6 is 0 Å². The summed E-state index contributed by atoms with van der Waals surface area (Å²) in [7, 11) is 0. The summed E-state index contributed by atoms with van der Waals surface area (Å²) in [6.07, 6.45) is 6.00. The number of carbonyl (C=O) groups is 1. The van der Waals surface area contributed by atoms with Gasteiger partial charge < -0.3 is 25.0 Å². The number of guanidine groups is 1. The van der Waals surface area contributed by atoms with Crippen molar-refractivity contribution in [1.82, 2.24) is 15.5 Å². The maximum Gasteiger partial charge on any atom is 0.222 e. The van der Waals surface area contributed by atoms with E-state index in [9.17, 15) is 4.79 Å². The number of hydrogen-bond donors (Lipinski definition) is 2. The zero-order valence-electron chi connectivity index (χ0n) is 19.8. The Bertz CT molecular complexity index is 747. The molecule has 0 saturated carbocycles. The predicted octanol–water partition coefficient (Wildman–Crippen LogP) is 3.26. The molecule has 2 saturated heterocycles. The molecule has 0 aromatic heterocycles. The van der Waals surface area contributed by atoms with E-state index in [4.69, 9.17) is 14.5 Å². The summed E-state index contributed by atoms with van der Waals surface area (Å²) < 4.78 is 11.6. The molecule has 1 aromatic rings. The number of rotatable bonds is 10. The van der Waals surface area contributed by atoms with E-state index in [1.807, 2.05) is 4.90 Å². The Morgan fingerprint density at radius 1 is 1.28 bits per heavy atom. The van der Waals surface area contributed by atoms with Crippen molar-refractivity contribution in [2.24, 2.45) is 10.9 Å². The molecular weight excluding hydrogens is 404 g/mol. The molecule has 0 aliphatic carbocycles. The average molecular weight is 445 g/mol. The Hall–Kier alpha value is -2.28. The summed E-state index contributed by atoms with van der Waals surface area (Å²) in [5.41, 5.74) is 2.27. The molecule has 2 N–H and O–H groups in total. The number of benzene rings is 1. The van der Waals surface area contributed by atoms with Crippen LogP contribution in [0, 0.1) is 12.8 Å². The van der Waals surface area contributed by atoms with Gasteiger partial charge in [0.1, 0.15) is 5.75 Å². The molecule has 178 valence electrons. The van der Waals surface area contributed by atoms with E-state index in [0.717, 1.165) is 88.8 Å². The molecule has 32 heavy (non-hydrogen) atoms. The minimum atomic E-state index is 0.305. The van der Waals surface area contributed by atoms with Gasteiger partial charge in [-0.1, -0.05) is 18.6 Å². The summed E-state index contributed by atoms with van der Waals surface area (Å²) >= 11 is 0. The van der Waals surface area contributed by atoms with Crippen LogP contribution in [0.15, 0.2) is 23.2 Å². The van der Waals surface area contributed by atoms with Crippen molar-refractivity contribution in [3.05, 3.63) is 29.3 Å². The SMILES string of the molecule is CCNC(=NCc1ccc(C)cc1OCC1CCOC1)NCCCN1CCCCCC1=O. The third kappa shape index (κ3) is 8.01. The molecule has 1 unspecified atom stereocenters. The van der Waals surface area contributed by atoms with Crippen molar-refractivity contribution in [3.63, 3.8) is 0 Å². The van der Waals surface area contributed by atoms with Gasteiger partial charge in [-0.15, -0.1) is 0 Å². The second kappa shape index (κ2) is 13.3. The summed E-state index contributed by atoms with van der Waals surface area (Å²) in [5.74, 6) is 2.49. The lowest BCUT2D eigenvalue weighted by atomic mass is 10.1. The summed E-state index contributed by atoms with van der Waals surface area (Å²) in [4.78, 5) is 18.9. The molecule has 2 aliphatic rings. The van der Waals surface area contributed by atoms with E-state index in [1.165, 1.54) is 5.56 Å². The lowest BCUT2D eigenvalue weighted by molar-refractivity contribution is -0.130. The molecule has 2 heterocycles. The third-order valence-electron chi connectivity index (χ3n) is 6.04. The van der Waals surface area contributed by atoms with Crippen LogP contribution in [-0.4, -0.2) is 62.8 Å². The summed E-state index contributed by atoms with van der Waals surface area (Å²) in [6.45, 7) is 10.3. The standard InChI is InChI=1S/C25H40N4O3/c1-3-26-25(27-12-7-14-29-13-6-4-5-8-24(29)30)28-17-22-10-9-20(2)16-23(22)32-19-21-11-15-31-18-21/h9-10,16,21H,3-8,11-15,17-19H2,1-2H3,(H2,26,27,28). The monoisotopic (exact) mass is 444 g/mol. The third-order valence-corrected chi connectivity index (χ3v) is 6.04. The van der Waals surface area contributed by atoms with Crippen molar-refractivity contribution in [2.75, 3.05) is 46.0 Å². The fraction of sp³-hybridized carbons (Fsp3) is 0.680. The van der Waals surface area contributed by atoms with Gasteiger partial charge >= 0.3 is 0 Å². The minimum Gasteiger partial charge on any atom is -0.493 e. The molecule has 0 spiro atoms. The Balaban J connectivity index is 1.50. The smallest absolute Gasteiger partial charge is 0.222 e. The van der Waals surface area contributed by atoms with Crippen molar-refractivity contribution < 1.29 is 14.3 Å². The number of likely N-dealkylation sites (tertiary alicyclic amines) is 1. The minimum absolute atomic E-state index is 0.305. The highest BCUT2D eigenvalue weighted by molar-refractivity contribution is 5.79. The lowest BCUT2D eigenvalue weighted by Crippen LogP contribution is -2.39. The zero-order valence-corrected chi connectivity index (χ0v) is 19.8. The van der Waals surface area contributed by atoms with E-state index in [0.29, 0.717) is 31.4 Å². The first kappa shape index (κ1) is 24.4. The van der Waals surface area contributed by atoms with E-state index in [1.54, 1.807) is 0 Å². The summed E-state index contributed by atoms with van der Waals surface area (Å²) in [5, 5.41) is 6.73. The van der Waals surface area contributed by atoms with Crippen LogP contribution in [-0.2, 0) is 16.1 Å². The highest BCUT2D eigenvalue weighted by Crippen LogP contribution is 2.23. The molecule has 1 atom stereocenters. The van der Waals surface area contributed by atoms with Crippen LogP contribution in [0.25, 0.3) is 0 Å². The molecule has 3 rings (SSSR count). The molecule has 1 aromatic carbocycles. The van der Waals surface area contributed by atoms with Gasteiger partial charge in [-0.05, 0) is 51.2 Å². The Kier molecular flexibility index (Phi) is 10.1. The first-order valence-electron chi connectivity index (χ1n) is 12.3. The molecule has 2 aliphatic heterocycles. The topological polar surface area (TPSA) is 75.2 Å². The van der Waals surface area contributed by atoms with Crippen LogP contribution in [0.5, 0.6) is 5.75 Å². The van der Waals surface area contributed by atoms with Gasteiger partial charge in [0.2, 0.25) is 5.91 Å². The van der Waals surface area contributed by atoms with Crippen LogP contribution < -0.4 is 15.4 Å². The normalized spacial score (nSPS) is 19.7. The highest BCUT2D eigenvalue weighted by Gasteiger charge is 2.17. The number of carbonyl (C=O) groups excluding carboxylic acids is 1. The van der Waals surface area contributed by atoms with Crippen LogP contribution in [0.3, 0.4) is 0 Å². The number of aryl methyl sites for hydroxylation is 1. The number of ether oxygens (including phenoxy) is 2. The van der Waals surface area contributed by atoms with Crippen molar-refractivity contribution >= 4 is 11.9 Å². The molecule has 0 bridgehead atoms. The van der Waals surface area contributed by atoms with Gasteiger partial charge in [-0.3, -0.25) is 4.79 Å². The van der Waals surface area contributed by atoms with Crippen molar-refractivity contribution in [1.29, 1.82) is 0 Å². The maximum atomic E-state index is 12.1. The van der Waals surface area contributed by atoms with E-state index in [-0.39, 0.29) is 0 Å². The Labute approximate surface area is 192 Å². The molecule has 7 heteroatoms. The highest BCUT2D eigenvalue weighted by atomic mass is 16.5. The van der Waals surface area contributed by atoms with Crippen LogP contribution in [0.2, 0.25) is 0 Å². The van der Waals surface area contributed by atoms with Gasteiger partial charge in [0.15, 0.2) is 5.96 Å². The van der Waals surface area contributed by atoms with Gasteiger partial charge in [0, 0.05) is 50.7 Å². The van der Waals surface area contributed by atoms with E-state index < -0.39 is 0 Å². The first-order chi connectivity index (χ1) is 15.7. The Morgan fingerprint density at radius 2 is 2.19 bits per heavy atom. The molecule has 1 amide bonds. The number of nitrogens with zero attached hydrogens (tertiary/aromatic N) is 2. The van der Waals surface area contributed by atoms with E-state index >= 15 is 0 Å². The number of nitrogens with one attached hydrogen (secondary N) is 2. The second-order valence-electron chi connectivity index (χ2n) is 8.82. The number of hydrogen-bond acceptors (Lipinski definition) is 4. The molecule has 2 fully saturated rings.